The van der Waals surface area contributed by atoms with Gasteiger partial charge in [-0.05, 0) is 60.3 Å². The lowest BCUT2D eigenvalue weighted by molar-refractivity contribution is 0.0515. The molecule has 7 nitrogen and oxygen atoms in total. The van der Waals surface area contributed by atoms with Crippen LogP contribution >= 0.6 is 12.2 Å². The van der Waals surface area contributed by atoms with Gasteiger partial charge in [-0.2, -0.15) is 9.97 Å². The summed E-state index contributed by atoms with van der Waals surface area (Å²) in [4.78, 5) is 11.8. The lowest BCUT2D eigenvalue weighted by atomic mass is 9.74. The van der Waals surface area contributed by atoms with Gasteiger partial charge in [-0.25, -0.2) is 0 Å². The number of nitrogens with zero attached hydrogens (tertiary/aromatic N) is 3. The fourth-order valence-corrected chi connectivity index (χ4v) is 5.66. The van der Waals surface area contributed by atoms with Crippen molar-refractivity contribution >= 4 is 29.1 Å². The molecule has 204 valence electrons. The summed E-state index contributed by atoms with van der Waals surface area (Å²) < 4.78 is 11.8. The molecule has 8 heteroatoms. The Morgan fingerprint density at radius 3 is 2.38 bits per heavy atom. The second-order valence-electron chi connectivity index (χ2n) is 10.3. The highest BCUT2D eigenvalue weighted by Crippen LogP contribution is 2.34. The molecule has 0 aliphatic carbocycles. The Morgan fingerprint density at radius 1 is 0.900 bits per heavy atom. The van der Waals surface area contributed by atoms with Gasteiger partial charge in [-0.1, -0.05) is 72.8 Å². The molecule has 1 saturated heterocycles. The molecular weight excluding hydrogens is 518 g/mol. The number of hydrogen-bond donors (Lipinski definition) is 2. The lowest BCUT2D eigenvalue weighted by Gasteiger charge is -2.38. The van der Waals surface area contributed by atoms with Crippen LogP contribution in [0.4, 0.5) is 11.8 Å². The van der Waals surface area contributed by atoms with E-state index >= 15 is 0 Å². The molecule has 6 rings (SSSR count). The molecule has 2 N–H and O–H groups in total. The van der Waals surface area contributed by atoms with Crippen molar-refractivity contribution in [2.24, 2.45) is 0 Å². The van der Waals surface area contributed by atoms with Crippen molar-refractivity contribution in [2.45, 2.75) is 31.2 Å². The van der Waals surface area contributed by atoms with E-state index in [1.807, 2.05) is 36.4 Å². The number of aromatic nitrogens is 2. The summed E-state index contributed by atoms with van der Waals surface area (Å²) in [6.07, 6.45) is 2.83. The molecule has 0 amide bonds. The van der Waals surface area contributed by atoms with Crippen LogP contribution in [0.25, 0.3) is 0 Å². The van der Waals surface area contributed by atoms with Crippen LogP contribution in [0.1, 0.15) is 29.5 Å². The van der Waals surface area contributed by atoms with Crippen LogP contribution in [0.2, 0.25) is 0 Å². The molecule has 3 heterocycles. The number of nitrogens with one attached hydrogen (secondary N) is 2. The van der Waals surface area contributed by atoms with Crippen molar-refractivity contribution in [3.63, 3.8) is 0 Å². The average Bonchev–Trinajstić information content (AvgIpc) is 3.01. The molecule has 0 spiro atoms. The summed E-state index contributed by atoms with van der Waals surface area (Å²) in [5.41, 5.74) is 3.96. The number of anilines is 2. The van der Waals surface area contributed by atoms with Crippen LogP contribution in [-0.4, -0.2) is 41.4 Å². The molecule has 1 fully saturated rings. The maximum atomic E-state index is 6.14. The van der Waals surface area contributed by atoms with Gasteiger partial charge < -0.3 is 25.0 Å². The van der Waals surface area contributed by atoms with Crippen LogP contribution in [0.3, 0.4) is 0 Å². The molecule has 0 radical (unpaired) electrons. The summed E-state index contributed by atoms with van der Waals surface area (Å²) in [6, 6.07) is 30.8. The molecule has 0 bridgehead atoms. The second kappa shape index (κ2) is 12.0. The third-order valence-electron chi connectivity index (χ3n) is 7.76. The Morgan fingerprint density at radius 2 is 1.60 bits per heavy atom. The summed E-state index contributed by atoms with van der Waals surface area (Å²) >= 11 is 5.74. The third kappa shape index (κ3) is 6.08. The number of rotatable bonds is 7. The van der Waals surface area contributed by atoms with Gasteiger partial charge in [-0.15, -0.1) is 0 Å². The van der Waals surface area contributed by atoms with E-state index in [0.717, 1.165) is 51.4 Å². The first-order valence-corrected chi connectivity index (χ1v) is 14.2. The zero-order valence-corrected chi connectivity index (χ0v) is 23.2. The Hall–Kier alpha value is -4.01. The standard InChI is InChI=1S/C32H33N5O2S/c40-31(33-23-32(16-19-38-20-17-32)26-11-3-1-4-12-26)36-30-34-28(21-29(35-30)39-27-13-5-2-6-14-27)37-18-15-24-9-7-8-10-25(24)22-37/h1-14,21H,15-20,22-23H2,(H2,33,34,35,36,40). The highest BCUT2D eigenvalue weighted by atomic mass is 32.1. The lowest BCUT2D eigenvalue weighted by Crippen LogP contribution is -2.45. The summed E-state index contributed by atoms with van der Waals surface area (Å²) in [5, 5.41) is 7.17. The van der Waals surface area contributed by atoms with Crippen molar-refractivity contribution in [1.82, 2.24) is 15.3 Å². The van der Waals surface area contributed by atoms with E-state index in [0.29, 0.717) is 29.2 Å². The minimum atomic E-state index is -0.0449. The molecule has 2 aliphatic rings. The van der Waals surface area contributed by atoms with Crippen LogP contribution in [-0.2, 0) is 23.1 Å². The number of benzene rings is 3. The van der Waals surface area contributed by atoms with Crippen LogP contribution in [0.5, 0.6) is 11.6 Å². The van der Waals surface area contributed by atoms with Gasteiger partial charge in [-0.3, -0.25) is 0 Å². The highest BCUT2D eigenvalue weighted by molar-refractivity contribution is 7.80. The molecule has 2 aliphatic heterocycles. The van der Waals surface area contributed by atoms with E-state index in [9.17, 15) is 0 Å². The first-order valence-electron chi connectivity index (χ1n) is 13.8. The average molecular weight is 552 g/mol. The molecule has 0 saturated carbocycles. The summed E-state index contributed by atoms with van der Waals surface area (Å²) in [6.45, 7) is 3.81. The molecule has 3 aromatic carbocycles. The van der Waals surface area contributed by atoms with Gasteiger partial charge in [0.1, 0.15) is 11.6 Å². The zero-order valence-electron chi connectivity index (χ0n) is 22.4. The SMILES string of the molecule is S=C(NCC1(c2ccccc2)CCOCC1)Nc1nc(Oc2ccccc2)cc(N2CCc3ccccc3C2)n1. The van der Waals surface area contributed by atoms with Gasteiger partial charge in [0.25, 0.3) is 0 Å². The van der Waals surface area contributed by atoms with Gasteiger partial charge in [0.2, 0.25) is 11.8 Å². The fourth-order valence-electron chi connectivity index (χ4n) is 5.50. The van der Waals surface area contributed by atoms with Crippen LogP contribution in [0.15, 0.2) is 91.0 Å². The number of hydrogen-bond acceptors (Lipinski definition) is 6. The van der Waals surface area contributed by atoms with E-state index in [2.05, 4.69) is 75.1 Å². The molecule has 1 aromatic heterocycles. The normalized spacial score (nSPS) is 16.1. The van der Waals surface area contributed by atoms with E-state index in [4.69, 9.17) is 26.7 Å². The van der Waals surface area contributed by atoms with E-state index in [1.54, 1.807) is 0 Å². The van der Waals surface area contributed by atoms with Gasteiger partial charge in [0, 0.05) is 44.3 Å². The topological polar surface area (TPSA) is 71.5 Å². The number of thiocarbonyl (C=S) groups is 1. The predicted molar refractivity (Wildman–Crippen MR) is 162 cm³/mol. The first-order chi connectivity index (χ1) is 19.7. The largest absolute Gasteiger partial charge is 0.439 e. The zero-order chi connectivity index (χ0) is 27.2. The van der Waals surface area contributed by atoms with Crippen molar-refractivity contribution in [2.75, 3.05) is 36.5 Å². The van der Waals surface area contributed by atoms with Crippen LogP contribution < -0.4 is 20.3 Å². The van der Waals surface area contributed by atoms with Crippen LogP contribution in [0, 0.1) is 0 Å². The molecule has 0 atom stereocenters. The van der Waals surface area contributed by atoms with Gasteiger partial charge >= 0.3 is 0 Å². The van der Waals surface area contributed by atoms with Crippen molar-refractivity contribution in [3.8, 4) is 11.6 Å². The monoisotopic (exact) mass is 551 g/mol. The number of para-hydroxylation sites is 1. The number of fused-ring (bicyclic) bond motifs is 1. The summed E-state index contributed by atoms with van der Waals surface area (Å²) in [7, 11) is 0. The van der Waals surface area contributed by atoms with Gasteiger partial charge in [0.05, 0.1) is 0 Å². The minimum Gasteiger partial charge on any atom is -0.439 e. The van der Waals surface area contributed by atoms with E-state index < -0.39 is 0 Å². The molecule has 0 unspecified atom stereocenters. The fraction of sp³-hybridized carbons (Fsp3) is 0.281. The van der Waals surface area contributed by atoms with Crippen molar-refractivity contribution in [3.05, 3.63) is 108 Å². The maximum absolute atomic E-state index is 6.14. The maximum Gasteiger partial charge on any atom is 0.234 e. The third-order valence-corrected chi connectivity index (χ3v) is 8.00. The number of ether oxygens (including phenoxy) is 2. The van der Waals surface area contributed by atoms with E-state index in [-0.39, 0.29) is 5.41 Å². The second-order valence-corrected chi connectivity index (χ2v) is 10.7. The Kier molecular flexibility index (Phi) is 7.88. The first kappa shape index (κ1) is 26.2. The quantitative estimate of drug-likeness (QED) is 0.277. The summed E-state index contributed by atoms with van der Waals surface area (Å²) in [5.74, 6) is 2.38. The predicted octanol–water partition coefficient (Wildman–Crippen LogP) is 5.87. The Bertz CT molecular complexity index is 1440. The van der Waals surface area contributed by atoms with Crippen molar-refractivity contribution in [1.29, 1.82) is 0 Å². The molecular formula is C32H33N5O2S. The smallest absolute Gasteiger partial charge is 0.234 e. The Labute approximate surface area is 240 Å². The molecule has 4 aromatic rings. The van der Waals surface area contributed by atoms with Gasteiger partial charge in [0.15, 0.2) is 5.11 Å². The highest BCUT2D eigenvalue weighted by Gasteiger charge is 2.34. The minimum absolute atomic E-state index is 0.0449. The van der Waals surface area contributed by atoms with Crippen molar-refractivity contribution < 1.29 is 9.47 Å². The van der Waals surface area contributed by atoms with E-state index in [1.165, 1.54) is 16.7 Å². The Balaban J connectivity index is 1.21. The molecule has 40 heavy (non-hydrogen) atoms.